The van der Waals surface area contributed by atoms with Crippen molar-refractivity contribution >= 4 is 42.3 Å². The van der Waals surface area contributed by atoms with Crippen molar-refractivity contribution in [2.45, 2.75) is 63.2 Å². The van der Waals surface area contributed by atoms with Crippen LogP contribution in [-0.2, 0) is 39.4 Å². The van der Waals surface area contributed by atoms with Crippen molar-refractivity contribution in [1.82, 2.24) is 15.0 Å². The molecule has 1 N–H and O–H groups in total. The SMILES string of the molecule is COc1ccc([Si](C)(C)[C@@H]2[C@@H](CCn3cc(CCO)nn3)O[C@]3(C(=O)N(Cc4cccc(N5CCOC5=O)c4)c4ccc([N+](=O)[O-])cc43)[C@H]2C)cc1. The molecule has 15 heteroatoms. The molecule has 4 aromatic rings. The Bertz CT molecular complexity index is 2000. The van der Waals surface area contributed by atoms with Crippen LogP contribution in [0.3, 0.4) is 0 Å². The summed E-state index contributed by atoms with van der Waals surface area (Å²) in [5.41, 5.74) is 1.46. The number of carbonyl (C=O) groups is 2. The van der Waals surface area contributed by atoms with Gasteiger partial charge in [0.15, 0.2) is 5.60 Å². The molecule has 0 saturated carbocycles. The van der Waals surface area contributed by atoms with E-state index >= 15 is 4.79 Å². The van der Waals surface area contributed by atoms with Gasteiger partial charge in [0.1, 0.15) is 12.4 Å². The molecule has 3 aliphatic heterocycles. The van der Waals surface area contributed by atoms with Gasteiger partial charge >= 0.3 is 6.09 Å². The lowest BCUT2D eigenvalue weighted by Crippen LogP contribution is -2.51. The van der Waals surface area contributed by atoms with Gasteiger partial charge in [0.25, 0.3) is 11.6 Å². The highest BCUT2D eigenvalue weighted by Gasteiger charge is 2.66. The van der Waals surface area contributed by atoms with Crippen LogP contribution in [0.2, 0.25) is 18.6 Å². The van der Waals surface area contributed by atoms with Crippen LogP contribution in [0.25, 0.3) is 0 Å². The summed E-state index contributed by atoms with van der Waals surface area (Å²) >= 11 is 0. The Labute approximate surface area is 302 Å². The van der Waals surface area contributed by atoms with E-state index in [4.69, 9.17) is 14.2 Å². The minimum Gasteiger partial charge on any atom is -0.497 e. The average molecular weight is 727 g/mol. The molecule has 2 fully saturated rings. The number of fused-ring (bicyclic) bond motifs is 2. The van der Waals surface area contributed by atoms with Gasteiger partial charge < -0.3 is 24.2 Å². The first-order valence-corrected chi connectivity index (χ1v) is 20.5. The van der Waals surface area contributed by atoms with Crippen molar-refractivity contribution in [3.05, 3.63) is 99.9 Å². The minimum atomic E-state index is -2.47. The molecule has 2 amide bonds. The molecule has 2 saturated heterocycles. The molecule has 272 valence electrons. The monoisotopic (exact) mass is 726 g/mol. The summed E-state index contributed by atoms with van der Waals surface area (Å²) in [6.07, 6.45) is 1.88. The van der Waals surface area contributed by atoms with E-state index in [2.05, 4.69) is 35.5 Å². The third kappa shape index (κ3) is 6.01. The first kappa shape index (κ1) is 35.3. The molecular weight excluding hydrogens is 685 g/mol. The number of methoxy groups -OCH3 is 1. The zero-order valence-electron chi connectivity index (χ0n) is 29.6. The second kappa shape index (κ2) is 13.8. The van der Waals surface area contributed by atoms with Crippen molar-refractivity contribution in [1.29, 1.82) is 0 Å². The van der Waals surface area contributed by atoms with E-state index in [1.807, 2.05) is 49.5 Å². The number of hydrogen-bond donors (Lipinski definition) is 1. The lowest BCUT2D eigenvalue weighted by atomic mass is 9.82. The van der Waals surface area contributed by atoms with Crippen molar-refractivity contribution in [2.75, 3.05) is 36.7 Å². The molecule has 0 aliphatic carbocycles. The minimum absolute atomic E-state index is 0.0343. The second-order valence-electron chi connectivity index (χ2n) is 14.2. The first-order chi connectivity index (χ1) is 25.0. The highest BCUT2D eigenvalue weighted by molar-refractivity contribution is 6.91. The Kier molecular flexibility index (Phi) is 9.35. The van der Waals surface area contributed by atoms with Gasteiger partial charge in [-0.05, 0) is 47.9 Å². The number of aliphatic hydroxyl groups excluding tert-OH is 1. The van der Waals surface area contributed by atoms with Gasteiger partial charge in [-0.25, -0.2) is 4.79 Å². The Morgan fingerprint density at radius 1 is 1.12 bits per heavy atom. The number of aliphatic hydroxyl groups is 1. The van der Waals surface area contributed by atoms with Crippen LogP contribution in [0.15, 0.2) is 72.9 Å². The number of amides is 2. The van der Waals surface area contributed by atoms with Crippen LogP contribution in [0.4, 0.5) is 21.9 Å². The summed E-state index contributed by atoms with van der Waals surface area (Å²) in [5.74, 6) is 0.0983. The molecule has 52 heavy (non-hydrogen) atoms. The summed E-state index contributed by atoms with van der Waals surface area (Å²) < 4.78 is 19.5. The van der Waals surface area contributed by atoms with Gasteiger partial charge in [-0.3, -0.25) is 24.5 Å². The molecule has 4 heterocycles. The maximum atomic E-state index is 15.2. The number of benzene rings is 3. The molecule has 1 spiro atoms. The van der Waals surface area contributed by atoms with E-state index in [0.717, 1.165) is 11.3 Å². The Hall–Kier alpha value is -5.12. The van der Waals surface area contributed by atoms with E-state index in [9.17, 15) is 20.0 Å². The molecule has 0 radical (unpaired) electrons. The number of aromatic nitrogens is 3. The zero-order valence-corrected chi connectivity index (χ0v) is 30.6. The molecule has 3 aromatic carbocycles. The maximum absolute atomic E-state index is 15.2. The summed E-state index contributed by atoms with van der Waals surface area (Å²) in [6.45, 7) is 7.92. The molecule has 4 atom stereocenters. The van der Waals surface area contributed by atoms with Gasteiger partial charge in [0, 0.05) is 55.1 Å². The molecule has 3 aliphatic rings. The average Bonchev–Trinajstić information content (AvgIpc) is 3.90. The van der Waals surface area contributed by atoms with Gasteiger partial charge in [-0.15, -0.1) is 5.10 Å². The number of cyclic esters (lactones) is 1. The van der Waals surface area contributed by atoms with Gasteiger partial charge in [-0.2, -0.15) is 0 Å². The Morgan fingerprint density at radius 2 is 1.90 bits per heavy atom. The number of anilines is 2. The summed E-state index contributed by atoms with van der Waals surface area (Å²) in [5, 5.41) is 31.2. The first-order valence-electron chi connectivity index (χ1n) is 17.4. The highest BCUT2D eigenvalue weighted by Crippen LogP contribution is 2.60. The number of nitro benzene ring substituents is 1. The van der Waals surface area contributed by atoms with E-state index in [1.54, 1.807) is 27.7 Å². The van der Waals surface area contributed by atoms with E-state index in [-0.39, 0.29) is 36.2 Å². The van der Waals surface area contributed by atoms with Crippen LogP contribution < -0.4 is 19.7 Å². The van der Waals surface area contributed by atoms with Crippen LogP contribution in [0, 0.1) is 16.0 Å². The molecular formula is C37H42N6O8Si. The number of ether oxygens (including phenoxy) is 3. The fourth-order valence-corrected chi connectivity index (χ4v) is 12.5. The highest BCUT2D eigenvalue weighted by atomic mass is 28.3. The van der Waals surface area contributed by atoms with Gasteiger partial charge in [0.2, 0.25) is 0 Å². The predicted octanol–water partition coefficient (Wildman–Crippen LogP) is 4.54. The number of rotatable bonds is 12. The normalized spacial score (nSPS) is 22.7. The quantitative estimate of drug-likeness (QED) is 0.125. The van der Waals surface area contributed by atoms with Crippen LogP contribution >= 0.6 is 0 Å². The lowest BCUT2D eigenvalue weighted by molar-refractivity contribution is -0.385. The number of hydrogen-bond acceptors (Lipinski definition) is 10. The fraction of sp³-hybridized carbons (Fsp3) is 0.405. The van der Waals surface area contributed by atoms with Crippen molar-refractivity contribution in [3.63, 3.8) is 0 Å². The Balaban J connectivity index is 1.30. The van der Waals surface area contributed by atoms with Crippen molar-refractivity contribution < 1.29 is 33.8 Å². The van der Waals surface area contributed by atoms with Gasteiger partial charge in [0.05, 0.1) is 50.7 Å². The number of aryl methyl sites for hydroxylation is 1. The maximum Gasteiger partial charge on any atom is 0.414 e. The Morgan fingerprint density at radius 3 is 2.60 bits per heavy atom. The van der Waals surface area contributed by atoms with E-state index in [0.29, 0.717) is 55.2 Å². The second-order valence-corrected chi connectivity index (χ2v) is 18.9. The van der Waals surface area contributed by atoms with Crippen molar-refractivity contribution in [3.8, 4) is 5.75 Å². The van der Waals surface area contributed by atoms with Crippen LogP contribution in [0.5, 0.6) is 5.75 Å². The van der Waals surface area contributed by atoms with E-state index in [1.165, 1.54) is 17.3 Å². The molecule has 0 unspecified atom stereocenters. The molecule has 14 nitrogen and oxygen atoms in total. The third-order valence-corrected chi connectivity index (χ3v) is 15.3. The molecule has 0 bridgehead atoms. The summed E-state index contributed by atoms with van der Waals surface area (Å²) in [6, 6.07) is 20.1. The smallest absolute Gasteiger partial charge is 0.414 e. The number of nitrogens with zero attached hydrogens (tertiary/aromatic N) is 6. The number of nitro groups is 1. The van der Waals surface area contributed by atoms with Crippen LogP contribution in [0.1, 0.15) is 30.2 Å². The lowest BCUT2D eigenvalue weighted by Gasteiger charge is -2.37. The zero-order chi connectivity index (χ0) is 36.8. The van der Waals surface area contributed by atoms with Crippen molar-refractivity contribution in [2.24, 2.45) is 5.92 Å². The number of carbonyl (C=O) groups excluding carboxylic acids is 2. The largest absolute Gasteiger partial charge is 0.497 e. The standard InChI is InChI=1S/C37H42N6O8Si/c1-24-34(52(3,4)30-11-9-29(49-2)10-12-30)33(14-16-40-23-26(15-18-44)38-39-40)51-37(24)31-21-28(43(47)48)8-13-32(31)42(35(37)45)22-25-6-5-7-27(20-25)41-17-19-50-36(41)46/h5-13,20-21,23-24,33-34,44H,14-19,22H2,1-4H3/t24-,33+,34-,37+/m0/s1. The fourth-order valence-electron chi connectivity index (χ4n) is 8.41. The molecule has 7 rings (SSSR count). The predicted molar refractivity (Wildman–Crippen MR) is 194 cm³/mol. The van der Waals surface area contributed by atoms with Crippen LogP contribution in [-0.4, -0.2) is 78.1 Å². The third-order valence-electron chi connectivity index (χ3n) is 11.0. The van der Waals surface area contributed by atoms with E-state index < -0.39 is 30.8 Å². The van der Waals surface area contributed by atoms with Gasteiger partial charge in [-0.1, -0.05) is 54.7 Å². The topological polar surface area (TPSA) is 162 Å². The molecule has 1 aromatic heterocycles. The summed E-state index contributed by atoms with van der Waals surface area (Å²) in [4.78, 5) is 42.4. The number of non-ortho nitro benzene ring substituents is 1. The summed E-state index contributed by atoms with van der Waals surface area (Å²) in [7, 11) is -0.842.